The maximum atomic E-state index is 13.2. The molecular formula is C24H25FN6O3. The molecule has 0 atom stereocenters. The van der Waals surface area contributed by atoms with Crippen molar-refractivity contribution in [3.8, 4) is 11.3 Å². The lowest BCUT2D eigenvalue weighted by atomic mass is 10.1. The molecule has 0 spiro atoms. The number of H-pyrrole nitrogens is 1. The van der Waals surface area contributed by atoms with Crippen molar-refractivity contribution < 1.29 is 19.2 Å². The summed E-state index contributed by atoms with van der Waals surface area (Å²) >= 11 is 0. The van der Waals surface area contributed by atoms with E-state index in [4.69, 9.17) is 5.21 Å². The van der Waals surface area contributed by atoms with E-state index >= 15 is 0 Å². The van der Waals surface area contributed by atoms with Gasteiger partial charge in [0, 0.05) is 31.0 Å². The lowest BCUT2D eigenvalue weighted by Crippen LogP contribution is -2.17. The average molecular weight is 465 g/mol. The number of aromatic amines is 1. The molecule has 0 fully saturated rings. The van der Waals surface area contributed by atoms with Crippen molar-refractivity contribution in [3.63, 3.8) is 0 Å². The highest BCUT2D eigenvalue weighted by molar-refractivity contribution is 5.90. The quantitative estimate of drug-likeness (QED) is 0.160. The van der Waals surface area contributed by atoms with Crippen molar-refractivity contribution in [2.75, 3.05) is 5.32 Å². The van der Waals surface area contributed by atoms with Crippen LogP contribution in [0.4, 0.5) is 10.2 Å². The number of imidazole rings is 1. The first-order chi connectivity index (χ1) is 16.5. The molecule has 0 unspecified atom stereocenters. The van der Waals surface area contributed by atoms with Crippen LogP contribution < -0.4 is 10.8 Å². The second kappa shape index (κ2) is 10.7. The normalized spacial score (nSPS) is 11.0. The third-order valence-corrected chi connectivity index (χ3v) is 5.48. The van der Waals surface area contributed by atoms with Crippen LogP contribution in [0, 0.1) is 5.82 Å². The summed E-state index contributed by atoms with van der Waals surface area (Å²) in [5.74, 6) is -0.419. The first kappa shape index (κ1) is 23.1. The number of benzene rings is 2. The van der Waals surface area contributed by atoms with Crippen LogP contribution in [0.5, 0.6) is 0 Å². The van der Waals surface area contributed by atoms with Gasteiger partial charge in [0.2, 0.25) is 11.8 Å². The van der Waals surface area contributed by atoms with Crippen LogP contribution in [-0.4, -0.2) is 36.8 Å². The Balaban J connectivity index is 1.37. The molecule has 2 aromatic carbocycles. The molecule has 0 saturated carbocycles. The molecule has 9 nitrogen and oxygen atoms in total. The maximum Gasteiger partial charge on any atom is 0.243 e. The van der Waals surface area contributed by atoms with Crippen LogP contribution >= 0.6 is 0 Å². The van der Waals surface area contributed by atoms with Gasteiger partial charge in [-0.2, -0.15) is 5.10 Å². The summed E-state index contributed by atoms with van der Waals surface area (Å²) in [5, 5.41) is 18.4. The average Bonchev–Trinajstić information content (AvgIpc) is 3.47. The van der Waals surface area contributed by atoms with E-state index < -0.39 is 5.91 Å². The molecular weight excluding hydrogens is 439 g/mol. The fourth-order valence-electron chi connectivity index (χ4n) is 3.68. The SMILES string of the molecule is O=C(CCCCCC(=O)Nc1cc(-c2ccc3ncn(Cc4ccc(F)cc4)c3c2)[nH]n1)NO. The Bertz CT molecular complexity index is 1280. The molecule has 0 saturated heterocycles. The molecule has 0 bridgehead atoms. The molecule has 2 amide bonds. The van der Waals surface area contributed by atoms with E-state index in [0.29, 0.717) is 38.0 Å². The number of hydrogen-bond acceptors (Lipinski definition) is 5. The van der Waals surface area contributed by atoms with Crippen molar-refractivity contribution in [2.45, 2.75) is 38.6 Å². The van der Waals surface area contributed by atoms with Crippen LogP contribution in [-0.2, 0) is 16.1 Å². The minimum absolute atomic E-state index is 0.155. The fourth-order valence-corrected chi connectivity index (χ4v) is 3.68. The number of hydrogen-bond donors (Lipinski definition) is 4. The first-order valence-corrected chi connectivity index (χ1v) is 11.0. The number of hydroxylamine groups is 1. The summed E-state index contributed by atoms with van der Waals surface area (Å²) in [4.78, 5) is 27.6. The Hall–Kier alpha value is -4.05. The standard InChI is InChI=1S/C24H25FN6O3/c25-18-9-6-16(7-10-18)14-31-15-26-19-11-8-17(12-21(19)31)20-13-22(29-28-20)27-23(32)4-2-1-3-5-24(33)30-34/h6-13,15,34H,1-5,14H2,(H,30,33)(H2,27,28,29,32). The van der Waals surface area contributed by atoms with E-state index in [1.807, 2.05) is 22.8 Å². The summed E-state index contributed by atoms with van der Waals surface area (Å²) in [6, 6.07) is 14.0. The minimum atomic E-state index is -0.426. The zero-order chi connectivity index (χ0) is 23.9. The van der Waals surface area contributed by atoms with Gasteiger partial charge in [-0.05, 0) is 42.7 Å². The second-order valence-corrected chi connectivity index (χ2v) is 8.01. The fraction of sp³-hybridized carbons (Fsp3) is 0.250. The smallest absolute Gasteiger partial charge is 0.243 e. The van der Waals surface area contributed by atoms with Crippen LogP contribution in [0.2, 0.25) is 0 Å². The topological polar surface area (TPSA) is 125 Å². The number of unbranched alkanes of at least 4 members (excludes halogenated alkanes) is 2. The van der Waals surface area contributed by atoms with Crippen molar-refractivity contribution in [2.24, 2.45) is 0 Å². The first-order valence-electron chi connectivity index (χ1n) is 11.0. The highest BCUT2D eigenvalue weighted by atomic mass is 19.1. The molecule has 0 aliphatic heterocycles. The van der Waals surface area contributed by atoms with Gasteiger partial charge < -0.3 is 9.88 Å². The number of halogens is 1. The molecule has 10 heteroatoms. The summed E-state index contributed by atoms with van der Waals surface area (Å²) in [6.45, 7) is 0.565. The molecule has 2 heterocycles. The third-order valence-electron chi connectivity index (χ3n) is 5.48. The summed E-state index contributed by atoms with van der Waals surface area (Å²) < 4.78 is 15.2. The number of carbonyl (C=O) groups is 2. The summed E-state index contributed by atoms with van der Waals surface area (Å²) in [6.07, 6.45) is 4.25. The molecule has 0 aliphatic rings. The van der Waals surface area contributed by atoms with E-state index in [1.54, 1.807) is 30.0 Å². The molecule has 4 aromatic rings. The summed E-state index contributed by atoms with van der Waals surface area (Å²) in [7, 11) is 0. The van der Waals surface area contributed by atoms with Crippen molar-refractivity contribution in [3.05, 3.63) is 66.2 Å². The number of aromatic nitrogens is 4. The van der Waals surface area contributed by atoms with Gasteiger partial charge in [-0.25, -0.2) is 14.9 Å². The Morgan fingerprint density at radius 3 is 2.53 bits per heavy atom. The number of nitrogens with one attached hydrogen (secondary N) is 3. The van der Waals surface area contributed by atoms with Crippen molar-refractivity contribution >= 4 is 28.7 Å². The van der Waals surface area contributed by atoms with Gasteiger partial charge in [0.1, 0.15) is 5.82 Å². The van der Waals surface area contributed by atoms with E-state index in [1.165, 1.54) is 12.1 Å². The van der Waals surface area contributed by atoms with Gasteiger partial charge in [0.15, 0.2) is 5.82 Å². The molecule has 176 valence electrons. The van der Waals surface area contributed by atoms with E-state index in [2.05, 4.69) is 20.5 Å². The molecule has 2 aromatic heterocycles. The highest BCUT2D eigenvalue weighted by Crippen LogP contribution is 2.25. The Kier molecular flexibility index (Phi) is 7.28. The Labute approximate surface area is 195 Å². The second-order valence-electron chi connectivity index (χ2n) is 8.01. The van der Waals surface area contributed by atoms with Crippen molar-refractivity contribution in [1.29, 1.82) is 0 Å². The van der Waals surface area contributed by atoms with Crippen LogP contribution in [0.3, 0.4) is 0 Å². The number of nitrogens with zero attached hydrogens (tertiary/aromatic N) is 3. The third kappa shape index (κ3) is 5.84. The Morgan fingerprint density at radius 1 is 1.00 bits per heavy atom. The van der Waals surface area contributed by atoms with Gasteiger partial charge in [0.05, 0.1) is 23.1 Å². The van der Waals surface area contributed by atoms with Crippen LogP contribution in [0.25, 0.3) is 22.3 Å². The summed E-state index contributed by atoms with van der Waals surface area (Å²) in [5.41, 5.74) is 5.97. The number of amides is 2. The lowest BCUT2D eigenvalue weighted by Gasteiger charge is -2.06. The number of rotatable bonds is 10. The molecule has 0 radical (unpaired) electrons. The van der Waals surface area contributed by atoms with E-state index in [9.17, 15) is 14.0 Å². The monoisotopic (exact) mass is 464 g/mol. The maximum absolute atomic E-state index is 13.2. The molecule has 4 rings (SSSR count). The van der Waals surface area contributed by atoms with E-state index in [-0.39, 0.29) is 18.1 Å². The van der Waals surface area contributed by atoms with Gasteiger partial charge in [0.25, 0.3) is 0 Å². The lowest BCUT2D eigenvalue weighted by molar-refractivity contribution is -0.129. The van der Waals surface area contributed by atoms with Gasteiger partial charge in [-0.15, -0.1) is 0 Å². The minimum Gasteiger partial charge on any atom is -0.326 e. The predicted molar refractivity (Wildman–Crippen MR) is 124 cm³/mol. The van der Waals surface area contributed by atoms with Gasteiger partial charge >= 0.3 is 0 Å². The Morgan fingerprint density at radius 2 is 1.76 bits per heavy atom. The predicted octanol–water partition coefficient (Wildman–Crippen LogP) is 4.01. The zero-order valence-corrected chi connectivity index (χ0v) is 18.4. The number of fused-ring (bicyclic) bond motifs is 1. The highest BCUT2D eigenvalue weighted by Gasteiger charge is 2.10. The zero-order valence-electron chi connectivity index (χ0n) is 18.4. The van der Waals surface area contributed by atoms with Crippen molar-refractivity contribution in [1.82, 2.24) is 25.2 Å². The largest absolute Gasteiger partial charge is 0.326 e. The molecule has 0 aliphatic carbocycles. The van der Waals surface area contributed by atoms with Crippen LogP contribution in [0.15, 0.2) is 54.9 Å². The van der Waals surface area contributed by atoms with E-state index in [0.717, 1.165) is 27.9 Å². The molecule has 34 heavy (non-hydrogen) atoms. The van der Waals surface area contributed by atoms with Gasteiger partial charge in [-0.1, -0.05) is 24.6 Å². The number of carbonyl (C=O) groups excluding carboxylic acids is 2. The van der Waals surface area contributed by atoms with Crippen LogP contribution in [0.1, 0.15) is 37.7 Å². The number of anilines is 1. The molecule has 4 N–H and O–H groups in total. The van der Waals surface area contributed by atoms with Gasteiger partial charge in [-0.3, -0.25) is 19.9 Å².